The summed E-state index contributed by atoms with van der Waals surface area (Å²) in [6, 6.07) is 74.4. The fourth-order valence-electron chi connectivity index (χ4n) is 10.2. The molecule has 0 radical (unpaired) electrons. The molecule has 318 valence electrons. The minimum absolute atomic E-state index is 0.461. The normalized spacial score (nSPS) is 11.4. The van der Waals surface area contributed by atoms with Gasteiger partial charge < -0.3 is 13.7 Å². The molecule has 0 atom stereocenters. The summed E-state index contributed by atoms with van der Waals surface area (Å²) in [5.74, 6) is 0.477. The average Bonchev–Trinajstić information content (AvgIpc) is 4.06. The molecule has 0 saturated carbocycles. The fourth-order valence-corrected chi connectivity index (χ4v) is 10.2. The molecule has 0 aliphatic heterocycles. The van der Waals surface area contributed by atoms with E-state index in [2.05, 4.69) is 164 Å². The monoisotopic (exact) mass is 878 g/mol. The van der Waals surface area contributed by atoms with Crippen molar-refractivity contribution in [3.63, 3.8) is 0 Å². The first kappa shape index (κ1) is 39.3. The number of para-hydroxylation sites is 4. The molecule has 0 unspecified atom stereocenters. The Morgan fingerprint density at radius 1 is 0.377 bits per heavy atom. The van der Waals surface area contributed by atoms with Crippen LogP contribution in [0, 0.1) is 29.2 Å². The highest BCUT2D eigenvalue weighted by Gasteiger charge is 2.21. The Bertz CT molecular complexity index is 4040. The summed E-state index contributed by atoms with van der Waals surface area (Å²) in [4.78, 5) is 14.2. The molecule has 13 aromatic rings. The minimum atomic E-state index is 0.461. The molecular weight excluding hydrogens is 845 g/mol. The van der Waals surface area contributed by atoms with Gasteiger partial charge in [-0.25, -0.2) is 14.8 Å². The van der Waals surface area contributed by atoms with Gasteiger partial charge in [0.15, 0.2) is 5.82 Å². The number of hydrogen-bond donors (Lipinski definition) is 0. The van der Waals surface area contributed by atoms with Gasteiger partial charge in [-0.15, -0.1) is 0 Å². The van der Waals surface area contributed by atoms with E-state index in [4.69, 9.17) is 16.5 Å². The molecule has 8 nitrogen and oxygen atoms in total. The van der Waals surface area contributed by atoms with Crippen molar-refractivity contribution in [2.45, 2.75) is 0 Å². The maximum absolute atomic E-state index is 9.50. The SMILES string of the molecule is [C-]#[N+]c1cc(-c2cc(-c3ccc(C#N)cc3)nc(-c3ccc(C#N)cc3)n2)ccc1-n1c2ccc(-n3c4ccccc4c4ccccc43)cc2c2cc(-n3c4ccccc4c4ccccc43)ccc21. The van der Waals surface area contributed by atoms with Crippen molar-refractivity contribution in [1.82, 2.24) is 23.7 Å². The maximum Gasteiger partial charge on any atom is 0.211 e. The third kappa shape index (κ3) is 6.20. The predicted molar refractivity (Wildman–Crippen MR) is 277 cm³/mol. The number of rotatable bonds is 6. The van der Waals surface area contributed by atoms with E-state index in [1.54, 1.807) is 24.3 Å². The second-order valence-corrected chi connectivity index (χ2v) is 17.1. The second kappa shape index (κ2) is 15.5. The fraction of sp³-hybridized carbons (Fsp3) is 0. The number of nitriles is 2. The van der Waals surface area contributed by atoms with Gasteiger partial charge in [0, 0.05) is 54.8 Å². The summed E-state index contributed by atoms with van der Waals surface area (Å²) in [5, 5.41) is 25.9. The molecule has 0 spiro atoms. The molecule has 0 bridgehead atoms. The van der Waals surface area contributed by atoms with E-state index in [1.807, 2.05) is 48.5 Å². The van der Waals surface area contributed by atoms with Crippen LogP contribution in [0.1, 0.15) is 11.1 Å². The topological polar surface area (TPSA) is 92.5 Å². The first-order valence-electron chi connectivity index (χ1n) is 22.5. The third-order valence-corrected chi connectivity index (χ3v) is 13.3. The lowest BCUT2D eigenvalue weighted by atomic mass is 10.0. The molecule has 0 saturated heterocycles. The van der Waals surface area contributed by atoms with Crippen molar-refractivity contribution in [3.8, 4) is 63.1 Å². The molecule has 0 aliphatic carbocycles. The lowest BCUT2D eigenvalue weighted by Gasteiger charge is -2.14. The Hall–Kier alpha value is -10.1. The van der Waals surface area contributed by atoms with Crippen LogP contribution in [0.4, 0.5) is 5.69 Å². The van der Waals surface area contributed by atoms with E-state index in [0.29, 0.717) is 34.0 Å². The molecule has 69 heavy (non-hydrogen) atoms. The van der Waals surface area contributed by atoms with Crippen LogP contribution in [0.15, 0.2) is 206 Å². The Kier molecular flexibility index (Phi) is 8.85. The van der Waals surface area contributed by atoms with Crippen molar-refractivity contribution < 1.29 is 0 Å². The van der Waals surface area contributed by atoms with Gasteiger partial charge in [-0.05, 0) is 121 Å². The van der Waals surface area contributed by atoms with Gasteiger partial charge in [-0.1, -0.05) is 91.0 Å². The quantitative estimate of drug-likeness (QED) is 0.156. The van der Waals surface area contributed by atoms with Gasteiger partial charge in [0.1, 0.15) is 0 Å². The summed E-state index contributed by atoms with van der Waals surface area (Å²) in [7, 11) is 0. The van der Waals surface area contributed by atoms with Crippen molar-refractivity contribution in [3.05, 3.63) is 229 Å². The van der Waals surface area contributed by atoms with Gasteiger partial charge in [0.05, 0.1) is 80.0 Å². The van der Waals surface area contributed by atoms with Crippen LogP contribution >= 0.6 is 0 Å². The van der Waals surface area contributed by atoms with Crippen LogP contribution in [0.25, 0.3) is 121 Å². The molecule has 8 heteroatoms. The highest BCUT2D eigenvalue weighted by molar-refractivity contribution is 6.14. The van der Waals surface area contributed by atoms with Crippen LogP contribution in [0.5, 0.6) is 0 Å². The number of nitrogens with zero attached hydrogens (tertiary/aromatic N) is 8. The van der Waals surface area contributed by atoms with E-state index in [-0.39, 0.29) is 0 Å². The van der Waals surface area contributed by atoms with E-state index >= 15 is 0 Å². The molecular formula is C61H34N8. The number of benzene rings is 9. The van der Waals surface area contributed by atoms with Crippen molar-refractivity contribution in [2.75, 3.05) is 0 Å². The predicted octanol–water partition coefficient (Wildman–Crippen LogP) is 15.1. The highest BCUT2D eigenvalue weighted by Crippen LogP contribution is 2.42. The number of hydrogen-bond acceptors (Lipinski definition) is 4. The van der Waals surface area contributed by atoms with Crippen LogP contribution < -0.4 is 0 Å². The number of fused-ring (bicyclic) bond motifs is 9. The summed E-state index contributed by atoms with van der Waals surface area (Å²) in [6.07, 6.45) is 0. The molecule has 13 rings (SSSR count). The van der Waals surface area contributed by atoms with Crippen molar-refractivity contribution in [1.29, 1.82) is 10.5 Å². The smallest absolute Gasteiger partial charge is 0.211 e. The van der Waals surface area contributed by atoms with Crippen LogP contribution in [-0.2, 0) is 0 Å². The summed E-state index contributed by atoms with van der Waals surface area (Å²) in [6.45, 7) is 8.68. The van der Waals surface area contributed by atoms with E-state index in [9.17, 15) is 10.5 Å². The van der Waals surface area contributed by atoms with Crippen LogP contribution in [0.2, 0.25) is 0 Å². The third-order valence-electron chi connectivity index (χ3n) is 13.3. The number of aromatic nitrogens is 5. The van der Waals surface area contributed by atoms with Crippen molar-refractivity contribution >= 4 is 71.1 Å². The molecule has 0 amide bonds. The first-order valence-corrected chi connectivity index (χ1v) is 22.5. The molecule has 0 fully saturated rings. The first-order chi connectivity index (χ1) is 34.1. The molecule has 9 aromatic carbocycles. The van der Waals surface area contributed by atoms with E-state index in [1.165, 1.54) is 21.5 Å². The van der Waals surface area contributed by atoms with Crippen molar-refractivity contribution in [2.24, 2.45) is 0 Å². The van der Waals surface area contributed by atoms with Crippen LogP contribution in [0.3, 0.4) is 0 Å². The van der Waals surface area contributed by atoms with E-state index in [0.717, 1.165) is 77.6 Å². The minimum Gasteiger partial charge on any atom is -0.319 e. The summed E-state index contributed by atoms with van der Waals surface area (Å²) >= 11 is 0. The summed E-state index contributed by atoms with van der Waals surface area (Å²) in [5.41, 5.74) is 14.5. The largest absolute Gasteiger partial charge is 0.319 e. The van der Waals surface area contributed by atoms with Gasteiger partial charge in [0.25, 0.3) is 0 Å². The standard InChI is InChI=1S/C61H34N8/c1-64-53-32-42(52-35-51(40-22-18-38(36-62)19-23-40)65-61(66-52)41-24-20-39(37-63)21-25-41)26-29-60(53)69-58-30-27-43(67-54-14-6-2-10-45(54)46-11-3-7-15-55(46)67)33-49(58)50-34-44(28-31-59(50)69)68-56-16-8-4-12-47(56)48-13-5-9-17-57(48)68/h2-35H. The Balaban J connectivity index is 1.03. The Morgan fingerprint density at radius 2 is 0.783 bits per heavy atom. The second-order valence-electron chi connectivity index (χ2n) is 17.1. The summed E-state index contributed by atoms with van der Waals surface area (Å²) < 4.78 is 6.92. The van der Waals surface area contributed by atoms with Gasteiger partial charge in [0.2, 0.25) is 5.69 Å². The average molecular weight is 879 g/mol. The van der Waals surface area contributed by atoms with Crippen LogP contribution in [-0.4, -0.2) is 23.7 Å². The lowest BCUT2D eigenvalue weighted by molar-refractivity contribution is 1.16. The zero-order valence-electron chi connectivity index (χ0n) is 36.7. The van der Waals surface area contributed by atoms with Gasteiger partial charge in [-0.2, -0.15) is 10.5 Å². The zero-order chi connectivity index (χ0) is 46.2. The Morgan fingerprint density at radius 3 is 1.23 bits per heavy atom. The molecule has 0 aliphatic rings. The van der Waals surface area contributed by atoms with Gasteiger partial charge >= 0.3 is 0 Å². The molecule has 0 N–H and O–H groups in total. The lowest BCUT2D eigenvalue weighted by Crippen LogP contribution is -1.98. The Labute approximate surface area is 395 Å². The molecule has 4 heterocycles. The maximum atomic E-state index is 9.50. The molecule has 4 aromatic heterocycles. The van der Waals surface area contributed by atoms with Gasteiger partial charge in [-0.3, -0.25) is 0 Å². The highest BCUT2D eigenvalue weighted by atomic mass is 15.0. The zero-order valence-corrected chi connectivity index (χ0v) is 36.7. The van der Waals surface area contributed by atoms with E-state index < -0.39 is 0 Å².